The van der Waals surface area contributed by atoms with Crippen LogP contribution in [-0.4, -0.2) is 38.7 Å². The zero-order chi connectivity index (χ0) is 13.2. The van der Waals surface area contributed by atoms with Crippen LogP contribution in [-0.2, 0) is 0 Å². The number of aliphatic hydroxyl groups excluding tert-OH is 1. The summed E-state index contributed by atoms with van der Waals surface area (Å²) in [4.78, 5) is 18.3. The predicted octanol–water partition coefficient (Wildman–Crippen LogP) is 0.753. The van der Waals surface area contributed by atoms with Crippen LogP contribution in [0.2, 0.25) is 0 Å². The first-order valence-corrected chi connectivity index (χ1v) is 5.74. The molecule has 1 aromatic rings. The van der Waals surface area contributed by atoms with Gasteiger partial charge in [-0.3, -0.25) is 10.1 Å². The van der Waals surface area contributed by atoms with Crippen LogP contribution in [0.25, 0.3) is 0 Å². The third-order valence-corrected chi connectivity index (χ3v) is 2.89. The highest BCUT2D eigenvalue weighted by atomic mass is 16.6. The Hall–Kier alpha value is -1.96. The molecular formula is C10H15N5O3. The lowest BCUT2D eigenvalue weighted by molar-refractivity contribution is -0.383. The molecule has 0 unspecified atom stereocenters. The van der Waals surface area contributed by atoms with E-state index in [1.54, 1.807) is 0 Å². The molecule has 1 fully saturated rings. The SMILES string of the molecule is CCNc1ncnc(NC2(CO)CC2)c1[N+](=O)[O-]. The Balaban J connectivity index is 2.33. The van der Waals surface area contributed by atoms with Crippen LogP contribution in [0.4, 0.5) is 17.3 Å². The summed E-state index contributed by atoms with van der Waals surface area (Å²) >= 11 is 0. The normalized spacial score (nSPS) is 16.1. The molecule has 3 N–H and O–H groups in total. The second-order valence-electron chi connectivity index (χ2n) is 4.27. The first kappa shape index (κ1) is 12.5. The molecule has 0 aliphatic heterocycles. The van der Waals surface area contributed by atoms with Crippen molar-refractivity contribution in [1.82, 2.24) is 9.97 Å². The van der Waals surface area contributed by atoms with Crippen molar-refractivity contribution in [3.63, 3.8) is 0 Å². The fourth-order valence-corrected chi connectivity index (χ4v) is 1.66. The Morgan fingerprint density at radius 2 is 2.17 bits per heavy atom. The van der Waals surface area contributed by atoms with Gasteiger partial charge in [-0.2, -0.15) is 0 Å². The number of hydrogen-bond acceptors (Lipinski definition) is 7. The molecule has 8 nitrogen and oxygen atoms in total. The van der Waals surface area contributed by atoms with Gasteiger partial charge in [0.25, 0.3) is 0 Å². The van der Waals surface area contributed by atoms with E-state index in [1.165, 1.54) is 6.33 Å². The molecular weight excluding hydrogens is 238 g/mol. The molecule has 0 amide bonds. The van der Waals surface area contributed by atoms with Gasteiger partial charge >= 0.3 is 5.69 Å². The van der Waals surface area contributed by atoms with E-state index < -0.39 is 10.5 Å². The number of anilines is 2. The summed E-state index contributed by atoms with van der Waals surface area (Å²) in [6.45, 7) is 2.29. The molecule has 98 valence electrons. The standard InChI is InChI=1S/C10H15N5O3/c1-2-11-8-7(15(17)18)9(13-6-12-8)14-10(5-16)3-4-10/h6,16H,2-5H2,1H3,(H2,11,12,13,14). The number of hydrogen-bond donors (Lipinski definition) is 3. The molecule has 0 radical (unpaired) electrons. The lowest BCUT2D eigenvalue weighted by atomic mass is 10.3. The zero-order valence-electron chi connectivity index (χ0n) is 10.0. The first-order valence-electron chi connectivity index (χ1n) is 5.74. The molecule has 0 saturated heterocycles. The van der Waals surface area contributed by atoms with Gasteiger partial charge in [-0.1, -0.05) is 0 Å². The van der Waals surface area contributed by atoms with Crippen LogP contribution >= 0.6 is 0 Å². The summed E-state index contributed by atoms with van der Waals surface area (Å²) in [5.74, 6) is 0.339. The quantitative estimate of drug-likeness (QED) is 0.506. The van der Waals surface area contributed by atoms with Crippen molar-refractivity contribution < 1.29 is 10.0 Å². The minimum atomic E-state index is -0.520. The Morgan fingerprint density at radius 1 is 1.50 bits per heavy atom. The van der Waals surface area contributed by atoms with Crippen molar-refractivity contribution in [2.24, 2.45) is 0 Å². The van der Waals surface area contributed by atoms with E-state index in [2.05, 4.69) is 20.6 Å². The van der Waals surface area contributed by atoms with E-state index in [9.17, 15) is 15.2 Å². The van der Waals surface area contributed by atoms with Gasteiger partial charge in [0.15, 0.2) is 0 Å². The lowest BCUT2D eigenvalue weighted by Gasteiger charge is -2.15. The van der Waals surface area contributed by atoms with Crippen molar-refractivity contribution in [3.05, 3.63) is 16.4 Å². The van der Waals surface area contributed by atoms with E-state index in [0.717, 1.165) is 12.8 Å². The fraction of sp³-hybridized carbons (Fsp3) is 0.600. The average Bonchev–Trinajstić information content (AvgIpc) is 3.10. The maximum absolute atomic E-state index is 11.1. The summed E-state index contributed by atoms with van der Waals surface area (Å²) in [5.41, 5.74) is -0.637. The van der Waals surface area contributed by atoms with Crippen LogP contribution in [0.5, 0.6) is 0 Å². The average molecular weight is 253 g/mol. The largest absolute Gasteiger partial charge is 0.394 e. The zero-order valence-corrected chi connectivity index (χ0v) is 10.0. The van der Waals surface area contributed by atoms with Gasteiger partial charge in [-0.15, -0.1) is 0 Å². The number of nitrogens with one attached hydrogen (secondary N) is 2. The molecule has 0 atom stereocenters. The molecule has 2 rings (SSSR count). The molecule has 1 aliphatic rings. The summed E-state index contributed by atoms with van der Waals surface area (Å²) in [6.07, 6.45) is 2.82. The number of nitrogens with zero attached hydrogens (tertiary/aromatic N) is 3. The van der Waals surface area contributed by atoms with E-state index in [-0.39, 0.29) is 23.9 Å². The Kier molecular flexibility index (Phi) is 3.28. The van der Waals surface area contributed by atoms with Gasteiger partial charge in [0.1, 0.15) is 6.33 Å². The molecule has 0 aromatic carbocycles. The first-order chi connectivity index (χ1) is 8.62. The van der Waals surface area contributed by atoms with Gasteiger partial charge in [-0.05, 0) is 19.8 Å². The maximum atomic E-state index is 11.1. The molecule has 8 heteroatoms. The Bertz CT molecular complexity index is 461. The molecule has 0 spiro atoms. The van der Waals surface area contributed by atoms with Crippen LogP contribution < -0.4 is 10.6 Å². The fourth-order valence-electron chi connectivity index (χ4n) is 1.66. The minimum absolute atomic E-state index is 0.0648. The summed E-state index contributed by atoms with van der Waals surface area (Å²) in [6, 6.07) is 0. The van der Waals surface area contributed by atoms with Crippen molar-refractivity contribution in [2.45, 2.75) is 25.3 Å². The minimum Gasteiger partial charge on any atom is -0.394 e. The van der Waals surface area contributed by atoms with Crippen molar-refractivity contribution in [1.29, 1.82) is 0 Å². The second-order valence-corrected chi connectivity index (χ2v) is 4.27. The van der Waals surface area contributed by atoms with Gasteiger partial charge in [0.2, 0.25) is 11.6 Å². The predicted molar refractivity (Wildman–Crippen MR) is 65.5 cm³/mol. The highest BCUT2D eigenvalue weighted by Crippen LogP contribution is 2.40. The highest BCUT2D eigenvalue weighted by molar-refractivity contribution is 5.70. The van der Waals surface area contributed by atoms with Gasteiger partial charge in [0, 0.05) is 6.54 Å². The Labute approximate surface area is 104 Å². The smallest absolute Gasteiger partial charge is 0.353 e. The molecule has 0 bridgehead atoms. The third-order valence-electron chi connectivity index (χ3n) is 2.89. The number of rotatable bonds is 6. The van der Waals surface area contributed by atoms with Crippen LogP contribution in [0.3, 0.4) is 0 Å². The van der Waals surface area contributed by atoms with Crippen molar-refractivity contribution in [3.8, 4) is 0 Å². The van der Waals surface area contributed by atoms with Crippen molar-refractivity contribution >= 4 is 17.3 Å². The lowest BCUT2D eigenvalue weighted by Crippen LogP contribution is -2.27. The van der Waals surface area contributed by atoms with E-state index in [4.69, 9.17) is 0 Å². The van der Waals surface area contributed by atoms with E-state index in [1.807, 2.05) is 6.92 Å². The van der Waals surface area contributed by atoms with Crippen LogP contribution in [0.15, 0.2) is 6.33 Å². The summed E-state index contributed by atoms with van der Waals surface area (Å²) in [5, 5.41) is 26.1. The van der Waals surface area contributed by atoms with Crippen LogP contribution in [0, 0.1) is 10.1 Å². The van der Waals surface area contributed by atoms with Gasteiger partial charge in [0.05, 0.1) is 17.1 Å². The van der Waals surface area contributed by atoms with Gasteiger partial charge in [-0.25, -0.2) is 9.97 Å². The highest BCUT2D eigenvalue weighted by Gasteiger charge is 2.44. The van der Waals surface area contributed by atoms with Crippen molar-refractivity contribution in [2.75, 3.05) is 23.8 Å². The molecule has 18 heavy (non-hydrogen) atoms. The second kappa shape index (κ2) is 4.73. The van der Waals surface area contributed by atoms with Crippen LogP contribution in [0.1, 0.15) is 19.8 Å². The molecule has 1 saturated carbocycles. The Morgan fingerprint density at radius 3 is 2.67 bits per heavy atom. The van der Waals surface area contributed by atoms with Gasteiger partial charge < -0.3 is 15.7 Å². The van der Waals surface area contributed by atoms with E-state index >= 15 is 0 Å². The number of aromatic nitrogens is 2. The summed E-state index contributed by atoms with van der Waals surface area (Å²) < 4.78 is 0. The number of aliphatic hydroxyl groups is 1. The molecule has 1 aromatic heterocycles. The monoisotopic (exact) mass is 253 g/mol. The van der Waals surface area contributed by atoms with E-state index in [0.29, 0.717) is 6.54 Å². The molecule has 1 aliphatic carbocycles. The number of nitro groups is 1. The molecule has 1 heterocycles. The summed E-state index contributed by atoms with van der Waals surface area (Å²) in [7, 11) is 0. The topological polar surface area (TPSA) is 113 Å². The third kappa shape index (κ3) is 2.33. The maximum Gasteiger partial charge on any atom is 0.353 e.